The van der Waals surface area contributed by atoms with Gasteiger partial charge >= 0.3 is 0 Å². The first-order valence-electron chi connectivity index (χ1n) is 6.79. The SMILES string of the molecule is CCNC1CCCN(CCCC(=O)N(C)C)C1. The van der Waals surface area contributed by atoms with Crippen molar-refractivity contribution < 1.29 is 4.79 Å². The third kappa shape index (κ3) is 5.50. The molecule has 4 heteroatoms. The molecule has 17 heavy (non-hydrogen) atoms. The minimum atomic E-state index is 0.241. The van der Waals surface area contributed by atoms with Gasteiger partial charge in [0.15, 0.2) is 0 Å². The summed E-state index contributed by atoms with van der Waals surface area (Å²) in [6.45, 7) is 6.61. The lowest BCUT2D eigenvalue weighted by molar-refractivity contribution is -0.128. The molecule has 1 atom stereocenters. The van der Waals surface area contributed by atoms with E-state index in [2.05, 4.69) is 17.1 Å². The van der Waals surface area contributed by atoms with E-state index in [-0.39, 0.29) is 5.91 Å². The van der Waals surface area contributed by atoms with Crippen LogP contribution in [-0.4, -0.2) is 62.0 Å². The molecule has 0 saturated carbocycles. The number of carbonyl (C=O) groups excluding carboxylic acids is 1. The van der Waals surface area contributed by atoms with Gasteiger partial charge in [-0.1, -0.05) is 6.92 Å². The van der Waals surface area contributed by atoms with E-state index in [1.807, 2.05) is 14.1 Å². The molecule has 1 fully saturated rings. The summed E-state index contributed by atoms with van der Waals surface area (Å²) in [5, 5.41) is 3.52. The Labute approximate surface area is 105 Å². The summed E-state index contributed by atoms with van der Waals surface area (Å²) < 4.78 is 0. The molecule has 0 aromatic carbocycles. The molecule has 1 N–H and O–H groups in total. The van der Waals surface area contributed by atoms with Gasteiger partial charge in [-0.05, 0) is 38.9 Å². The second-order valence-corrected chi connectivity index (χ2v) is 5.09. The van der Waals surface area contributed by atoms with Crippen molar-refractivity contribution in [2.45, 2.75) is 38.6 Å². The van der Waals surface area contributed by atoms with Crippen LogP contribution in [0.15, 0.2) is 0 Å². The molecule has 0 bridgehead atoms. The van der Waals surface area contributed by atoms with E-state index in [4.69, 9.17) is 0 Å². The lowest BCUT2D eigenvalue weighted by Crippen LogP contribution is -2.45. The summed E-state index contributed by atoms with van der Waals surface area (Å²) >= 11 is 0. The fraction of sp³-hybridized carbons (Fsp3) is 0.923. The molecule has 1 rings (SSSR count). The average molecular weight is 241 g/mol. The quantitative estimate of drug-likeness (QED) is 0.751. The summed E-state index contributed by atoms with van der Waals surface area (Å²) in [6.07, 6.45) is 4.23. The number of hydrogen-bond donors (Lipinski definition) is 1. The molecule has 0 aromatic rings. The Kier molecular flexibility index (Phi) is 6.52. The highest BCUT2D eigenvalue weighted by molar-refractivity contribution is 5.75. The van der Waals surface area contributed by atoms with Crippen LogP contribution in [0.4, 0.5) is 0 Å². The molecule has 1 saturated heterocycles. The van der Waals surface area contributed by atoms with Gasteiger partial charge in [0, 0.05) is 33.1 Å². The molecular weight excluding hydrogens is 214 g/mol. The van der Waals surface area contributed by atoms with Crippen LogP contribution >= 0.6 is 0 Å². The first-order chi connectivity index (χ1) is 8.13. The normalized spacial score (nSPS) is 21.5. The number of likely N-dealkylation sites (tertiary alicyclic amines) is 1. The van der Waals surface area contributed by atoms with E-state index >= 15 is 0 Å². The van der Waals surface area contributed by atoms with Crippen molar-refractivity contribution in [1.29, 1.82) is 0 Å². The van der Waals surface area contributed by atoms with Crippen molar-refractivity contribution in [3.63, 3.8) is 0 Å². The highest BCUT2D eigenvalue weighted by Crippen LogP contribution is 2.10. The van der Waals surface area contributed by atoms with Crippen molar-refractivity contribution in [1.82, 2.24) is 15.1 Å². The fourth-order valence-electron chi connectivity index (χ4n) is 2.39. The molecule has 0 aliphatic carbocycles. The average Bonchev–Trinajstić information content (AvgIpc) is 2.29. The third-order valence-electron chi connectivity index (χ3n) is 3.36. The molecule has 0 aromatic heterocycles. The van der Waals surface area contributed by atoms with Crippen LogP contribution in [0, 0.1) is 0 Å². The number of nitrogens with zero attached hydrogens (tertiary/aromatic N) is 2. The Morgan fingerprint density at radius 2 is 2.24 bits per heavy atom. The van der Waals surface area contributed by atoms with Crippen LogP contribution in [0.2, 0.25) is 0 Å². The third-order valence-corrected chi connectivity index (χ3v) is 3.36. The molecule has 0 spiro atoms. The summed E-state index contributed by atoms with van der Waals surface area (Å²) in [6, 6.07) is 0.651. The van der Waals surface area contributed by atoms with Gasteiger partial charge in [0.2, 0.25) is 5.91 Å². The van der Waals surface area contributed by atoms with E-state index in [1.165, 1.54) is 19.4 Å². The zero-order chi connectivity index (χ0) is 12.7. The largest absolute Gasteiger partial charge is 0.349 e. The Morgan fingerprint density at radius 3 is 2.88 bits per heavy atom. The van der Waals surface area contributed by atoms with Crippen molar-refractivity contribution in [2.75, 3.05) is 40.3 Å². The molecular formula is C13H27N3O. The van der Waals surface area contributed by atoms with E-state index < -0.39 is 0 Å². The van der Waals surface area contributed by atoms with E-state index in [0.29, 0.717) is 12.5 Å². The number of carbonyl (C=O) groups is 1. The summed E-state index contributed by atoms with van der Waals surface area (Å²) in [5.74, 6) is 0.241. The summed E-state index contributed by atoms with van der Waals surface area (Å²) in [5.41, 5.74) is 0. The molecule has 4 nitrogen and oxygen atoms in total. The Hall–Kier alpha value is -0.610. The van der Waals surface area contributed by atoms with Gasteiger partial charge in [-0.15, -0.1) is 0 Å². The van der Waals surface area contributed by atoms with Crippen LogP contribution in [0.1, 0.15) is 32.6 Å². The maximum absolute atomic E-state index is 11.4. The smallest absolute Gasteiger partial charge is 0.222 e. The van der Waals surface area contributed by atoms with Crippen molar-refractivity contribution in [2.24, 2.45) is 0 Å². The Bertz CT molecular complexity index is 229. The number of nitrogens with one attached hydrogen (secondary N) is 1. The Balaban J connectivity index is 2.16. The number of amides is 1. The van der Waals surface area contributed by atoms with E-state index in [9.17, 15) is 4.79 Å². The first kappa shape index (κ1) is 14.5. The fourth-order valence-corrected chi connectivity index (χ4v) is 2.39. The number of likely N-dealkylation sites (N-methyl/N-ethyl adjacent to an activating group) is 1. The summed E-state index contributed by atoms with van der Waals surface area (Å²) in [4.78, 5) is 15.6. The molecule has 1 heterocycles. The van der Waals surface area contributed by atoms with Gasteiger partial charge in [0.25, 0.3) is 0 Å². The second-order valence-electron chi connectivity index (χ2n) is 5.09. The van der Waals surface area contributed by atoms with Crippen LogP contribution in [0.5, 0.6) is 0 Å². The lowest BCUT2D eigenvalue weighted by atomic mass is 10.1. The van der Waals surface area contributed by atoms with Gasteiger partial charge in [-0.2, -0.15) is 0 Å². The van der Waals surface area contributed by atoms with E-state index in [1.54, 1.807) is 4.90 Å². The number of hydrogen-bond acceptors (Lipinski definition) is 3. The van der Waals surface area contributed by atoms with E-state index in [0.717, 1.165) is 26.1 Å². The topological polar surface area (TPSA) is 35.6 Å². The molecule has 1 aliphatic rings. The van der Waals surface area contributed by atoms with Crippen molar-refractivity contribution >= 4 is 5.91 Å². The predicted molar refractivity (Wildman–Crippen MR) is 71.1 cm³/mol. The van der Waals surface area contributed by atoms with Crippen molar-refractivity contribution in [3.05, 3.63) is 0 Å². The number of rotatable bonds is 6. The highest BCUT2D eigenvalue weighted by atomic mass is 16.2. The van der Waals surface area contributed by atoms with Crippen LogP contribution < -0.4 is 5.32 Å². The maximum atomic E-state index is 11.4. The van der Waals surface area contributed by atoms with Gasteiger partial charge in [0.05, 0.1) is 0 Å². The molecule has 1 aliphatic heterocycles. The zero-order valence-electron chi connectivity index (χ0n) is 11.5. The van der Waals surface area contributed by atoms with Crippen LogP contribution in [0.25, 0.3) is 0 Å². The van der Waals surface area contributed by atoms with Gasteiger partial charge in [-0.3, -0.25) is 4.79 Å². The standard InChI is InChI=1S/C13H27N3O/c1-4-14-12-7-5-9-16(11-12)10-6-8-13(17)15(2)3/h12,14H,4-11H2,1-3H3. The minimum absolute atomic E-state index is 0.241. The maximum Gasteiger partial charge on any atom is 0.222 e. The van der Waals surface area contributed by atoms with Gasteiger partial charge < -0.3 is 15.1 Å². The summed E-state index contributed by atoms with van der Waals surface area (Å²) in [7, 11) is 3.65. The van der Waals surface area contributed by atoms with Crippen LogP contribution in [-0.2, 0) is 4.79 Å². The minimum Gasteiger partial charge on any atom is -0.349 e. The predicted octanol–water partition coefficient (Wildman–Crippen LogP) is 0.929. The highest BCUT2D eigenvalue weighted by Gasteiger charge is 2.18. The monoisotopic (exact) mass is 241 g/mol. The molecule has 100 valence electrons. The van der Waals surface area contributed by atoms with Crippen LogP contribution in [0.3, 0.4) is 0 Å². The van der Waals surface area contributed by atoms with Gasteiger partial charge in [-0.25, -0.2) is 0 Å². The second kappa shape index (κ2) is 7.67. The zero-order valence-corrected chi connectivity index (χ0v) is 11.5. The Morgan fingerprint density at radius 1 is 1.47 bits per heavy atom. The first-order valence-corrected chi connectivity index (χ1v) is 6.79. The lowest BCUT2D eigenvalue weighted by Gasteiger charge is -2.33. The molecule has 0 radical (unpaired) electrons. The van der Waals surface area contributed by atoms with Crippen molar-refractivity contribution in [3.8, 4) is 0 Å². The number of piperidine rings is 1. The molecule has 1 unspecified atom stereocenters. The molecule has 1 amide bonds. The van der Waals surface area contributed by atoms with Gasteiger partial charge in [0.1, 0.15) is 0 Å².